The van der Waals surface area contributed by atoms with Gasteiger partial charge in [0, 0.05) is 48.9 Å². The van der Waals surface area contributed by atoms with E-state index in [4.69, 9.17) is 4.74 Å². The lowest BCUT2D eigenvalue weighted by Gasteiger charge is -2.43. The predicted molar refractivity (Wildman–Crippen MR) is 133 cm³/mol. The minimum absolute atomic E-state index is 0.0853. The van der Waals surface area contributed by atoms with E-state index in [0.717, 1.165) is 57.3 Å². The Morgan fingerprint density at radius 2 is 1.74 bits per heavy atom. The molecule has 0 N–H and O–H groups in total. The summed E-state index contributed by atoms with van der Waals surface area (Å²) in [6.07, 6.45) is 5.60. The van der Waals surface area contributed by atoms with E-state index in [2.05, 4.69) is 18.7 Å². The Balaban J connectivity index is 1.66. The van der Waals surface area contributed by atoms with Crippen LogP contribution in [-0.4, -0.2) is 65.7 Å². The standard InChI is InChI=1S/C27H42FN3O3/c1-6-22(18-25-11-8-20(5)30(25)27(33)34-7-2)29-16-14-24(15-17-29)31(26(32)19(3)4)23-12-9-21(28)10-13-23/h9-10,12-13,19-20,22,24-25H,6-8,11,14-18H2,1-5H3. The van der Waals surface area contributed by atoms with E-state index < -0.39 is 0 Å². The van der Waals surface area contributed by atoms with E-state index in [9.17, 15) is 14.0 Å². The van der Waals surface area contributed by atoms with E-state index in [-0.39, 0.29) is 41.9 Å². The van der Waals surface area contributed by atoms with Gasteiger partial charge in [-0.25, -0.2) is 9.18 Å². The summed E-state index contributed by atoms with van der Waals surface area (Å²) >= 11 is 0. The van der Waals surface area contributed by atoms with E-state index in [1.54, 1.807) is 12.1 Å². The minimum Gasteiger partial charge on any atom is -0.450 e. The van der Waals surface area contributed by atoms with E-state index in [1.165, 1.54) is 12.1 Å². The van der Waals surface area contributed by atoms with Gasteiger partial charge in [0.15, 0.2) is 0 Å². The third-order valence-electron chi connectivity index (χ3n) is 7.50. The van der Waals surface area contributed by atoms with Crippen LogP contribution in [0, 0.1) is 11.7 Å². The number of amides is 2. The van der Waals surface area contributed by atoms with Crippen LogP contribution in [0.5, 0.6) is 0 Å². The molecule has 3 unspecified atom stereocenters. The van der Waals surface area contributed by atoms with Gasteiger partial charge in [0.1, 0.15) is 5.82 Å². The molecule has 2 amide bonds. The number of carbonyl (C=O) groups excluding carboxylic acids is 2. The quantitative estimate of drug-likeness (QED) is 0.501. The molecule has 0 spiro atoms. The Morgan fingerprint density at radius 3 is 2.29 bits per heavy atom. The topological polar surface area (TPSA) is 53.1 Å². The number of rotatable bonds is 8. The van der Waals surface area contributed by atoms with Crippen LogP contribution < -0.4 is 4.90 Å². The van der Waals surface area contributed by atoms with Crippen molar-refractivity contribution in [2.45, 2.75) is 97.3 Å². The summed E-state index contributed by atoms with van der Waals surface area (Å²) in [6, 6.07) is 7.22. The maximum absolute atomic E-state index is 13.5. The number of piperidine rings is 1. The second-order valence-electron chi connectivity index (χ2n) is 10.1. The maximum Gasteiger partial charge on any atom is 0.410 e. The number of likely N-dealkylation sites (tertiary alicyclic amines) is 2. The molecule has 1 aromatic rings. The Labute approximate surface area is 204 Å². The number of carbonyl (C=O) groups is 2. The predicted octanol–water partition coefficient (Wildman–Crippen LogP) is 5.46. The molecule has 0 aliphatic carbocycles. The van der Waals surface area contributed by atoms with Crippen molar-refractivity contribution in [3.63, 3.8) is 0 Å². The van der Waals surface area contributed by atoms with Gasteiger partial charge in [-0.1, -0.05) is 20.8 Å². The number of nitrogens with zero attached hydrogens (tertiary/aromatic N) is 3. The first-order valence-electron chi connectivity index (χ1n) is 13.0. The van der Waals surface area contributed by atoms with Gasteiger partial charge < -0.3 is 19.4 Å². The SMILES string of the molecule is CCOC(=O)N1C(C)CCC1CC(CC)N1CCC(N(C(=O)C(C)C)c2ccc(F)cc2)CC1. The molecule has 2 heterocycles. The van der Waals surface area contributed by atoms with Gasteiger partial charge in [-0.05, 0) is 76.6 Å². The molecule has 2 saturated heterocycles. The molecule has 6 nitrogen and oxygen atoms in total. The second-order valence-corrected chi connectivity index (χ2v) is 10.1. The van der Waals surface area contributed by atoms with Gasteiger partial charge in [0.25, 0.3) is 0 Å². The highest BCUT2D eigenvalue weighted by molar-refractivity contribution is 5.95. The van der Waals surface area contributed by atoms with Crippen LogP contribution in [0.15, 0.2) is 24.3 Å². The summed E-state index contributed by atoms with van der Waals surface area (Å²) in [6.45, 7) is 12.2. The van der Waals surface area contributed by atoms with Crippen LogP contribution in [0.1, 0.15) is 73.1 Å². The lowest BCUT2D eigenvalue weighted by molar-refractivity contribution is -0.122. The van der Waals surface area contributed by atoms with E-state index >= 15 is 0 Å². The highest BCUT2D eigenvalue weighted by atomic mass is 19.1. The van der Waals surface area contributed by atoms with Crippen LogP contribution in [0.25, 0.3) is 0 Å². The average Bonchev–Trinajstić information content (AvgIpc) is 3.19. The average molecular weight is 476 g/mol. The first-order valence-corrected chi connectivity index (χ1v) is 13.0. The largest absolute Gasteiger partial charge is 0.450 e. The Hall–Kier alpha value is -2.15. The summed E-state index contributed by atoms with van der Waals surface area (Å²) in [7, 11) is 0. The molecule has 3 rings (SSSR count). The zero-order valence-corrected chi connectivity index (χ0v) is 21.5. The molecule has 0 aromatic heterocycles. The molecule has 34 heavy (non-hydrogen) atoms. The van der Waals surface area contributed by atoms with Gasteiger partial charge in [0.05, 0.1) is 6.61 Å². The summed E-state index contributed by atoms with van der Waals surface area (Å²) in [4.78, 5) is 32.0. The zero-order chi connectivity index (χ0) is 24.8. The van der Waals surface area contributed by atoms with E-state index in [0.29, 0.717) is 12.6 Å². The van der Waals surface area contributed by atoms with Crippen LogP contribution in [-0.2, 0) is 9.53 Å². The van der Waals surface area contributed by atoms with Crippen molar-refractivity contribution in [3.8, 4) is 0 Å². The van der Waals surface area contributed by atoms with Gasteiger partial charge >= 0.3 is 6.09 Å². The molecule has 0 bridgehead atoms. The first kappa shape index (κ1) is 26.5. The van der Waals surface area contributed by atoms with Crippen molar-refractivity contribution < 1.29 is 18.7 Å². The molecule has 0 saturated carbocycles. The molecule has 2 fully saturated rings. The molecule has 1 aromatic carbocycles. The number of halogens is 1. The number of ether oxygens (including phenoxy) is 1. The van der Waals surface area contributed by atoms with Gasteiger partial charge in [-0.2, -0.15) is 0 Å². The van der Waals surface area contributed by atoms with Gasteiger partial charge in [-0.15, -0.1) is 0 Å². The molecule has 3 atom stereocenters. The first-order chi connectivity index (χ1) is 16.3. The summed E-state index contributed by atoms with van der Waals surface area (Å²) in [5.41, 5.74) is 0.774. The fourth-order valence-electron chi connectivity index (χ4n) is 5.63. The molecule has 7 heteroatoms. The number of anilines is 1. The second kappa shape index (κ2) is 12.0. The van der Waals surface area contributed by atoms with Crippen LogP contribution in [0.4, 0.5) is 14.9 Å². The van der Waals surface area contributed by atoms with Crippen LogP contribution in [0.3, 0.4) is 0 Å². The number of hydrogen-bond donors (Lipinski definition) is 0. The summed E-state index contributed by atoms with van der Waals surface area (Å²) < 4.78 is 18.8. The van der Waals surface area contributed by atoms with Crippen molar-refractivity contribution in [2.24, 2.45) is 5.92 Å². The van der Waals surface area contributed by atoms with Gasteiger partial charge in [0.2, 0.25) is 5.91 Å². The van der Waals surface area contributed by atoms with Crippen molar-refractivity contribution in [2.75, 3.05) is 24.6 Å². The summed E-state index contributed by atoms with van der Waals surface area (Å²) in [5, 5.41) is 0. The lowest BCUT2D eigenvalue weighted by atomic mass is 9.95. The summed E-state index contributed by atoms with van der Waals surface area (Å²) in [5.74, 6) is -0.328. The Morgan fingerprint density at radius 1 is 1.09 bits per heavy atom. The minimum atomic E-state index is -0.292. The number of benzene rings is 1. The fourth-order valence-corrected chi connectivity index (χ4v) is 5.63. The zero-order valence-electron chi connectivity index (χ0n) is 21.5. The Kier molecular flexibility index (Phi) is 9.34. The molecule has 0 radical (unpaired) electrons. The van der Waals surface area contributed by atoms with Crippen molar-refractivity contribution in [1.82, 2.24) is 9.80 Å². The molecular weight excluding hydrogens is 433 g/mol. The molecule has 2 aliphatic heterocycles. The third-order valence-corrected chi connectivity index (χ3v) is 7.50. The molecule has 2 aliphatic rings. The van der Waals surface area contributed by atoms with Crippen molar-refractivity contribution >= 4 is 17.7 Å². The highest BCUT2D eigenvalue weighted by Gasteiger charge is 2.38. The lowest BCUT2D eigenvalue weighted by Crippen LogP contribution is -2.52. The normalized spacial score (nSPS) is 22.7. The van der Waals surface area contributed by atoms with Crippen LogP contribution >= 0.6 is 0 Å². The van der Waals surface area contributed by atoms with Gasteiger partial charge in [-0.3, -0.25) is 4.79 Å². The molecular formula is C27H42FN3O3. The smallest absolute Gasteiger partial charge is 0.410 e. The molecule has 190 valence electrons. The number of hydrogen-bond acceptors (Lipinski definition) is 4. The van der Waals surface area contributed by atoms with Crippen LogP contribution in [0.2, 0.25) is 0 Å². The fraction of sp³-hybridized carbons (Fsp3) is 0.704. The third kappa shape index (κ3) is 6.09. The maximum atomic E-state index is 13.5. The van der Waals surface area contributed by atoms with Crippen molar-refractivity contribution in [3.05, 3.63) is 30.1 Å². The monoisotopic (exact) mass is 475 g/mol. The highest BCUT2D eigenvalue weighted by Crippen LogP contribution is 2.32. The van der Waals surface area contributed by atoms with E-state index in [1.807, 2.05) is 30.6 Å². The van der Waals surface area contributed by atoms with Crippen molar-refractivity contribution in [1.29, 1.82) is 0 Å². The Bertz CT molecular complexity index is 808.